The quantitative estimate of drug-likeness (QED) is 0.830. The van der Waals surface area contributed by atoms with Gasteiger partial charge in [0.25, 0.3) is 5.91 Å². The summed E-state index contributed by atoms with van der Waals surface area (Å²) in [5, 5.41) is 11.9. The van der Waals surface area contributed by atoms with E-state index in [2.05, 4.69) is 11.4 Å². The Morgan fingerprint density at radius 3 is 2.50 bits per heavy atom. The van der Waals surface area contributed by atoms with E-state index < -0.39 is 0 Å². The summed E-state index contributed by atoms with van der Waals surface area (Å²) in [7, 11) is 0. The number of anilines is 1. The van der Waals surface area contributed by atoms with Gasteiger partial charge in [0.05, 0.1) is 11.3 Å². The number of nitrogens with zero attached hydrogens (tertiary/aromatic N) is 2. The van der Waals surface area contributed by atoms with Gasteiger partial charge >= 0.3 is 0 Å². The van der Waals surface area contributed by atoms with Crippen molar-refractivity contribution in [2.75, 3.05) is 24.6 Å². The number of hydrogen-bond acceptors (Lipinski definition) is 4. The number of ether oxygens (including phenoxy) is 1. The fraction of sp³-hybridized carbons (Fsp3) is 0.250. The minimum Gasteiger partial charge on any atom is -0.484 e. The van der Waals surface area contributed by atoms with Crippen molar-refractivity contribution in [3.63, 3.8) is 0 Å². The van der Waals surface area contributed by atoms with Gasteiger partial charge in [0.1, 0.15) is 11.8 Å². The Hall–Kier alpha value is -3.33. The van der Waals surface area contributed by atoms with Gasteiger partial charge in [-0.3, -0.25) is 9.59 Å². The zero-order valence-corrected chi connectivity index (χ0v) is 14.9. The third-order valence-electron chi connectivity index (χ3n) is 3.74. The molecule has 0 heterocycles. The summed E-state index contributed by atoms with van der Waals surface area (Å²) in [6, 6.07) is 16.4. The number of para-hydroxylation sites is 1. The molecule has 0 radical (unpaired) electrons. The van der Waals surface area contributed by atoms with Crippen LogP contribution in [0.1, 0.15) is 18.1 Å². The molecule has 2 amide bonds. The van der Waals surface area contributed by atoms with Crippen molar-refractivity contribution in [2.45, 2.75) is 13.8 Å². The number of rotatable bonds is 7. The Morgan fingerprint density at radius 2 is 1.85 bits per heavy atom. The average molecular weight is 351 g/mol. The number of aryl methyl sites for hydroxylation is 1. The molecule has 0 aliphatic carbocycles. The maximum Gasteiger partial charge on any atom is 0.258 e. The highest BCUT2D eigenvalue weighted by Crippen LogP contribution is 2.19. The highest BCUT2D eigenvalue weighted by atomic mass is 16.5. The molecule has 0 aliphatic heterocycles. The molecule has 6 heteroatoms. The molecule has 0 aromatic heterocycles. The number of nitriles is 1. The maximum atomic E-state index is 11.9. The summed E-state index contributed by atoms with van der Waals surface area (Å²) in [4.78, 5) is 25.3. The second-order valence-corrected chi connectivity index (χ2v) is 5.75. The van der Waals surface area contributed by atoms with Gasteiger partial charge in [0.2, 0.25) is 5.91 Å². The summed E-state index contributed by atoms with van der Waals surface area (Å²) in [5.74, 6) is 0.152. The highest BCUT2D eigenvalue weighted by Gasteiger charge is 2.15. The number of amides is 2. The highest BCUT2D eigenvalue weighted by molar-refractivity contribution is 5.93. The fourth-order valence-corrected chi connectivity index (χ4v) is 2.39. The molecule has 0 spiro atoms. The van der Waals surface area contributed by atoms with Gasteiger partial charge in [0.15, 0.2) is 6.61 Å². The average Bonchev–Trinajstić information content (AvgIpc) is 2.64. The lowest BCUT2D eigenvalue weighted by Gasteiger charge is -2.22. The van der Waals surface area contributed by atoms with Crippen molar-refractivity contribution in [2.24, 2.45) is 0 Å². The topological polar surface area (TPSA) is 82.4 Å². The van der Waals surface area contributed by atoms with Crippen LogP contribution in [0.4, 0.5) is 5.69 Å². The molecule has 0 bridgehead atoms. The molecule has 2 rings (SSSR count). The van der Waals surface area contributed by atoms with Crippen LogP contribution >= 0.6 is 0 Å². The Morgan fingerprint density at radius 1 is 1.15 bits per heavy atom. The van der Waals surface area contributed by atoms with Crippen molar-refractivity contribution in [1.29, 1.82) is 5.26 Å². The predicted molar refractivity (Wildman–Crippen MR) is 98.9 cm³/mol. The van der Waals surface area contributed by atoms with E-state index in [1.165, 1.54) is 11.8 Å². The van der Waals surface area contributed by atoms with Crippen LogP contribution in [0.15, 0.2) is 48.5 Å². The van der Waals surface area contributed by atoms with Gasteiger partial charge in [-0.2, -0.15) is 5.26 Å². The van der Waals surface area contributed by atoms with Crippen LogP contribution in [0.3, 0.4) is 0 Å². The molecule has 6 nitrogen and oxygen atoms in total. The maximum absolute atomic E-state index is 11.9. The Balaban J connectivity index is 1.86. The third kappa shape index (κ3) is 5.35. The van der Waals surface area contributed by atoms with E-state index in [-0.39, 0.29) is 31.5 Å². The van der Waals surface area contributed by atoms with Crippen molar-refractivity contribution >= 4 is 17.5 Å². The van der Waals surface area contributed by atoms with Crippen molar-refractivity contribution in [3.05, 3.63) is 59.7 Å². The van der Waals surface area contributed by atoms with Crippen LogP contribution in [0.5, 0.6) is 5.75 Å². The minimum absolute atomic E-state index is 0.0993. The van der Waals surface area contributed by atoms with Gasteiger partial charge in [-0.1, -0.05) is 29.8 Å². The molecule has 26 heavy (non-hydrogen) atoms. The molecule has 0 aliphatic rings. The van der Waals surface area contributed by atoms with E-state index in [1.54, 1.807) is 36.4 Å². The lowest BCUT2D eigenvalue weighted by molar-refractivity contribution is -0.123. The number of nitrogens with one attached hydrogen (secondary N) is 1. The van der Waals surface area contributed by atoms with Gasteiger partial charge in [0, 0.05) is 20.0 Å². The Labute approximate surface area is 153 Å². The first-order valence-corrected chi connectivity index (χ1v) is 8.24. The molecule has 2 aromatic rings. The molecular formula is C20H21N3O3. The summed E-state index contributed by atoms with van der Waals surface area (Å²) >= 11 is 0. The lowest BCUT2D eigenvalue weighted by atomic mass is 10.1. The van der Waals surface area contributed by atoms with Crippen LogP contribution in [0.2, 0.25) is 0 Å². The van der Waals surface area contributed by atoms with E-state index in [0.717, 1.165) is 5.56 Å². The zero-order chi connectivity index (χ0) is 18.9. The second-order valence-electron chi connectivity index (χ2n) is 5.75. The summed E-state index contributed by atoms with van der Waals surface area (Å²) in [5.41, 5.74) is 2.06. The van der Waals surface area contributed by atoms with E-state index in [1.807, 2.05) is 19.1 Å². The molecule has 134 valence electrons. The zero-order valence-electron chi connectivity index (χ0n) is 14.9. The number of benzene rings is 2. The van der Waals surface area contributed by atoms with Crippen molar-refractivity contribution < 1.29 is 14.3 Å². The van der Waals surface area contributed by atoms with Crippen LogP contribution in [0, 0.1) is 18.3 Å². The largest absolute Gasteiger partial charge is 0.484 e. The predicted octanol–water partition coefficient (Wildman–Crippen LogP) is 2.41. The standard InChI is InChI=1S/C20H21N3O3/c1-15-7-9-18(10-8-15)26-14-20(25)22-11-12-23(16(2)24)19-6-4-3-5-17(19)13-21/h3-10H,11-12,14H2,1-2H3,(H,22,25). The molecule has 0 fully saturated rings. The van der Waals surface area contributed by atoms with Crippen molar-refractivity contribution in [3.8, 4) is 11.8 Å². The SMILES string of the molecule is CC(=O)N(CCNC(=O)COc1ccc(C)cc1)c1ccccc1C#N. The molecule has 2 aromatic carbocycles. The Bertz CT molecular complexity index is 810. The van der Waals surface area contributed by atoms with E-state index in [9.17, 15) is 14.9 Å². The first-order chi connectivity index (χ1) is 12.5. The van der Waals surface area contributed by atoms with Crippen LogP contribution in [0.25, 0.3) is 0 Å². The lowest BCUT2D eigenvalue weighted by Crippen LogP contribution is -2.39. The van der Waals surface area contributed by atoms with E-state index in [0.29, 0.717) is 17.0 Å². The van der Waals surface area contributed by atoms with Crippen molar-refractivity contribution in [1.82, 2.24) is 5.32 Å². The molecule has 1 N–H and O–H groups in total. The fourth-order valence-electron chi connectivity index (χ4n) is 2.39. The third-order valence-corrected chi connectivity index (χ3v) is 3.74. The van der Waals surface area contributed by atoms with Gasteiger partial charge in [-0.15, -0.1) is 0 Å². The van der Waals surface area contributed by atoms with E-state index in [4.69, 9.17) is 4.74 Å². The normalized spacial score (nSPS) is 9.88. The smallest absolute Gasteiger partial charge is 0.258 e. The number of carbonyl (C=O) groups is 2. The number of hydrogen-bond donors (Lipinski definition) is 1. The second kappa shape index (κ2) is 9.23. The summed E-state index contributed by atoms with van der Waals surface area (Å²) < 4.78 is 5.41. The first kappa shape index (κ1) is 19.0. The molecule has 0 saturated carbocycles. The van der Waals surface area contributed by atoms with E-state index >= 15 is 0 Å². The van der Waals surface area contributed by atoms with Gasteiger partial charge in [-0.05, 0) is 31.2 Å². The molecule has 0 unspecified atom stereocenters. The van der Waals surface area contributed by atoms with Crippen LogP contribution in [-0.2, 0) is 9.59 Å². The first-order valence-electron chi connectivity index (χ1n) is 8.24. The summed E-state index contributed by atoms with van der Waals surface area (Å²) in [6.45, 7) is 3.83. The van der Waals surface area contributed by atoms with Gasteiger partial charge < -0.3 is 15.0 Å². The summed E-state index contributed by atoms with van der Waals surface area (Å²) in [6.07, 6.45) is 0. The molecule has 0 saturated heterocycles. The van der Waals surface area contributed by atoms with Crippen LogP contribution in [-0.4, -0.2) is 31.5 Å². The van der Waals surface area contributed by atoms with Crippen LogP contribution < -0.4 is 15.0 Å². The molecular weight excluding hydrogens is 330 g/mol. The monoisotopic (exact) mass is 351 g/mol. The Kier molecular flexibility index (Phi) is 6.75. The van der Waals surface area contributed by atoms with Gasteiger partial charge in [-0.25, -0.2) is 0 Å². The molecule has 0 atom stereocenters. The minimum atomic E-state index is -0.275. The number of carbonyl (C=O) groups excluding carboxylic acids is 2.